The van der Waals surface area contributed by atoms with Gasteiger partial charge in [-0.25, -0.2) is 0 Å². The third-order valence-electron chi connectivity index (χ3n) is 5.24. The fraction of sp³-hybridized carbons (Fsp3) is 0.115. The van der Waals surface area contributed by atoms with Gasteiger partial charge in [0.25, 0.3) is 0 Å². The second kappa shape index (κ2) is 7.69. The summed E-state index contributed by atoms with van der Waals surface area (Å²) in [6.45, 7) is 4.06. The quantitative estimate of drug-likeness (QED) is 0.422. The number of fused-ring (bicyclic) bond motifs is 1. The molecule has 0 bridgehead atoms. The number of aryl methyl sites for hydroxylation is 2. The number of ketones is 1. The van der Waals surface area contributed by atoms with Crippen molar-refractivity contribution < 1.29 is 4.79 Å². The Morgan fingerprint density at radius 1 is 0.897 bits per heavy atom. The molecular formula is C26H20N2O. The molecule has 1 heterocycles. The Hall–Kier alpha value is -3.77. The molecule has 0 unspecified atom stereocenters. The number of rotatable bonds is 4. The van der Waals surface area contributed by atoms with Gasteiger partial charge in [0, 0.05) is 16.6 Å². The van der Waals surface area contributed by atoms with E-state index in [0.29, 0.717) is 5.56 Å². The number of Topliss-reactive ketones (excluding diaryl/α,β-unsaturated/α-hetero) is 1. The first-order valence-electron chi connectivity index (χ1n) is 9.54. The second-order valence-corrected chi connectivity index (χ2v) is 7.30. The van der Waals surface area contributed by atoms with Crippen molar-refractivity contribution in [3.63, 3.8) is 0 Å². The molecule has 0 saturated carbocycles. The Kier molecular flexibility index (Phi) is 4.93. The Labute approximate surface area is 170 Å². The zero-order valence-corrected chi connectivity index (χ0v) is 16.4. The Morgan fingerprint density at radius 3 is 2.52 bits per heavy atom. The van der Waals surface area contributed by atoms with Crippen LogP contribution in [-0.4, -0.2) is 10.8 Å². The maximum Gasteiger partial charge on any atom is 0.168 e. The number of carbonyl (C=O) groups is 1. The minimum Gasteiger partial charge on any atom is -0.294 e. The number of benzene rings is 3. The summed E-state index contributed by atoms with van der Waals surface area (Å²) in [5, 5.41) is 10.1. The van der Waals surface area contributed by atoms with Gasteiger partial charge in [-0.2, -0.15) is 5.26 Å². The number of hydrogen-bond donors (Lipinski definition) is 0. The van der Waals surface area contributed by atoms with Gasteiger partial charge >= 0.3 is 0 Å². The first-order valence-corrected chi connectivity index (χ1v) is 9.54. The predicted octanol–water partition coefficient (Wildman–Crippen LogP) is 5.82. The molecule has 0 saturated heterocycles. The highest BCUT2D eigenvalue weighted by Gasteiger charge is 2.10. The van der Waals surface area contributed by atoms with E-state index in [2.05, 4.69) is 17.1 Å². The molecule has 0 aliphatic carbocycles. The van der Waals surface area contributed by atoms with E-state index in [1.165, 1.54) is 5.56 Å². The summed E-state index contributed by atoms with van der Waals surface area (Å²) in [6.07, 6.45) is 0.282. The molecule has 0 aliphatic rings. The van der Waals surface area contributed by atoms with Crippen molar-refractivity contribution in [1.29, 1.82) is 5.26 Å². The van der Waals surface area contributed by atoms with Crippen molar-refractivity contribution in [1.82, 2.24) is 4.98 Å². The molecule has 4 aromatic rings. The van der Waals surface area contributed by atoms with E-state index in [9.17, 15) is 4.79 Å². The van der Waals surface area contributed by atoms with Crippen LogP contribution in [-0.2, 0) is 6.42 Å². The first kappa shape index (κ1) is 18.6. The van der Waals surface area contributed by atoms with E-state index in [-0.39, 0.29) is 12.2 Å². The lowest BCUT2D eigenvalue weighted by Crippen LogP contribution is -2.05. The average Bonchev–Trinajstić information content (AvgIpc) is 2.75. The first-order chi connectivity index (χ1) is 14.0. The van der Waals surface area contributed by atoms with Crippen LogP contribution in [0.3, 0.4) is 0 Å². The maximum absolute atomic E-state index is 12.6. The molecule has 0 amide bonds. The van der Waals surface area contributed by atoms with E-state index >= 15 is 0 Å². The number of hydrogen-bond acceptors (Lipinski definition) is 3. The third kappa shape index (κ3) is 3.93. The molecule has 0 aliphatic heterocycles. The van der Waals surface area contributed by atoms with E-state index in [1.54, 1.807) is 6.07 Å². The SMILES string of the molecule is Cc1ccc(C(=O)Cc2ccc3cc(-c4cccc(C#N)c4)ccc3n2)cc1C. The number of aromatic nitrogens is 1. The molecule has 3 aromatic carbocycles. The average molecular weight is 376 g/mol. The lowest BCUT2D eigenvalue weighted by atomic mass is 10.00. The van der Waals surface area contributed by atoms with Gasteiger partial charge in [0.2, 0.25) is 0 Å². The Balaban J connectivity index is 1.60. The Morgan fingerprint density at radius 2 is 1.72 bits per heavy atom. The summed E-state index contributed by atoms with van der Waals surface area (Å²) >= 11 is 0. The van der Waals surface area contributed by atoms with Gasteiger partial charge in [0.1, 0.15) is 0 Å². The van der Waals surface area contributed by atoms with Crippen LogP contribution in [0.25, 0.3) is 22.0 Å². The van der Waals surface area contributed by atoms with Crippen LogP contribution in [0.15, 0.2) is 72.8 Å². The summed E-state index contributed by atoms with van der Waals surface area (Å²) in [5.41, 5.74) is 7.33. The van der Waals surface area contributed by atoms with E-state index in [4.69, 9.17) is 5.26 Å². The summed E-state index contributed by atoms with van der Waals surface area (Å²) in [6, 6.07) is 25.5. The van der Waals surface area contributed by atoms with Crippen molar-refractivity contribution >= 4 is 16.7 Å². The molecule has 0 radical (unpaired) electrons. The van der Waals surface area contributed by atoms with Gasteiger partial charge < -0.3 is 0 Å². The van der Waals surface area contributed by atoms with Crippen molar-refractivity contribution in [2.45, 2.75) is 20.3 Å². The molecule has 140 valence electrons. The van der Waals surface area contributed by atoms with Crippen LogP contribution >= 0.6 is 0 Å². The highest BCUT2D eigenvalue weighted by Crippen LogP contribution is 2.25. The standard InChI is InChI=1S/C26H20N2O/c1-17-6-7-23(12-18(17)2)26(29)15-24-10-8-22-14-21(9-11-25(22)28-24)20-5-3-4-19(13-20)16-27/h3-14H,15H2,1-2H3. The number of carbonyl (C=O) groups excluding carboxylic acids is 1. The number of pyridine rings is 1. The van der Waals surface area contributed by atoms with Crippen LogP contribution < -0.4 is 0 Å². The third-order valence-corrected chi connectivity index (χ3v) is 5.24. The Bertz CT molecular complexity index is 1280. The van der Waals surface area contributed by atoms with Crippen molar-refractivity contribution in [3.8, 4) is 17.2 Å². The second-order valence-electron chi connectivity index (χ2n) is 7.30. The van der Waals surface area contributed by atoms with Gasteiger partial charge in [-0.15, -0.1) is 0 Å². The van der Waals surface area contributed by atoms with E-state index in [1.807, 2.05) is 74.5 Å². The fourth-order valence-electron chi connectivity index (χ4n) is 3.40. The highest BCUT2D eigenvalue weighted by atomic mass is 16.1. The van der Waals surface area contributed by atoms with Crippen molar-refractivity contribution in [3.05, 3.63) is 101 Å². The maximum atomic E-state index is 12.6. The molecule has 1 aromatic heterocycles. The topological polar surface area (TPSA) is 53.8 Å². The monoisotopic (exact) mass is 376 g/mol. The minimum absolute atomic E-state index is 0.0740. The van der Waals surface area contributed by atoms with Crippen LogP contribution in [0.1, 0.15) is 32.7 Å². The largest absolute Gasteiger partial charge is 0.294 e. The van der Waals surface area contributed by atoms with Gasteiger partial charge in [0.05, 0.1) is 23.6 Å². The lowest BCUT2D eigenvalue weighted by molar-refractivity contribution is 0.0992. The smallest absolute Gasteiger partial charge is 0.168 e. The zero-order valence-electron chi connectivity index (χ0n) is 16.4. The van der Waals surface area contributed by atoms with Crippen molar-refractivity contribution in [2.24, 2.45) is 0 Å². The van der Waals surface area contributed by atoms with E-state index in [0.717, 1.165) is 38.9 Å². The molecule has 3 nitrogen and oxygen atoms in total. The highest BCUT2D eigenvalue weighted by molar-refractivity contribution is 5.98. The predicted molar refractivity (Wildman–Crippen MR) is 116 cm³/mol. The van der Waals surface area contributed by atoms with Crippen molar-refractivity contribution in [2.75, 3.05) is 0 Å². The molecule has 4 rings (SSSR count). The molecule has 29 heavy (non-hydrogen) atoms. The van der Waals surface area contributed by atoms with E-state index < -0.39 is 0 Å². The molecule has 0 atom stereocenters. The zero-order chi connectivity index (χ0) is 20.4. The van der Waals surface area contributed by atoms with Gasteiger partial charge in [-0.05, 0) is 72.5 Å². The summed E-state index contributed by atoms with van der Waals surface area (Å²) in [7, 11) is 0. The molecule has 0 spiro atoms. The van der Waals surface area contributed by atoms with Gasteiger partial charge in [-0.3, -0.25) is 9.78 Å². The van der Waals surface area contributed by atoms with Gasteiger partial charge in [-0.1, -0.05) is 36.4 Å². The minimum atomic E-state index is 0.0740. The fourth-order valence-corrected chi connectivity index (χ4v) is 3.40. The summed E-state index contributed by atoms with van der Waals surface area (Å²) < 4.78 is 0. The van der Waals surface area contributed by atoms with Crippen LogP contribution in [0, 0.1) is 25.2 Å². The molecule has 0 fully saturated rings. The normalized spacial score (nSPS) is 10.7. The van der Waals surface area contributed by atoms with Crippen LogP contribution in [0.5, 0.6) is 0 Å². The molecular weight excluding hydrogens is 356 g/mol. The lowest BCUT2D eigenvalue weighted by Gasteiger charge is -2.07. The van der Waals surface area contributed by atoms with Gasteiger partial charge in [0.15, 0.2) is 5.78 Å². The molecule has 3 heteroatoms. The number of nitrogens with zero attached hydrogens (tertiary/aromatic N) is 2. The summed E-state index contributed by atoms with van der Waals surface area (Å²) in [5.74, 6) is 0.0740. The molecule has 0 N–H and O–H groups in total. The summed E-state index contributed by atoms with van der Waals surface area (Å²) in [4.78, 5) is 17.3. The van der Waals surface area contributed by atoms with Crippen LogP contribution in [0.4, 0.5) is 0 Å². The number of nitriles is 1. The van der Waals surface area contributed by atoms with Crippen LogP contribution in [0.2, 0.25) is 0 Å².